The van der Waals surface area contributed by atoms with Crippen molar-refractivity contribution in [1.82, 2.24) is 20.2 Å². The highest BCUT2D eigenvalue weighted by molar-refractivity contribution is 6.02. The Bertz CT molecular complexity index is 1890. The number of anilines is 1. The summed E-state index contributed by atoms with van der Waals surface area (Å²) in [4.78, 5) is 13.8. The van der Waals surface area contributed by atoms with Crippen LogP contribution in [0.15, 0.2) is 42.6 Å². The van der Waals surface area contributed by atoms with Crippen molar-refractivity contribution in [3.05, 3.63) is 65.5 Å². The lowest BCUT2D eigenvalue weighted by atomic mass is 9.94. The van der Waals surface area contributed by atoms with Crippen LogP contribution < -0.4 is 10.2 Å². The molecule has 2 aromatic carbocycles. The molecule has 4 aromatic rings. The van der Waals surface area contributed by atoms with E-state index in [1.54, 1.807) is 24.4 Å². The Balaban J connectivity index is 1.32. The van der Waals surface area contributed by atoms with E-state index in [1.165, 1.54) is 6.07 Å². The number of nitrogens with one attached hydrogen (secondary N) is 1. The average Bonchev–Trinajstić information content (AvgIpc) is 3.66. The third-order valence-corrected chi connectivity index (χ3v) is 9.75. The number of hydrogen-bond acceptors (Lipinski definition) is 5. The van der Waals surface area contributed by atoms with Crippen LogP contribution in [0.1, 0.15) is 43.4 Å². The molecule has 4 aliphatic rings. The summed E-state index contributed by atoms with van der Waals surface area (Å²) in [6, 6.07) is 10.9. The van der Waals surface area contributed by atoms with Gasteiger partial charge in [-0.25, -0.2) is 18.2 Å². The predicted octanol–water partition coefficient (Wildman–Crippen LogP) is 5.58. The van der Waals surface area contributed by atoms with Crippen LogP contribution in [-0.2, 0) is 0 Å². The van der Waals surface area contributed by atoms with Gasteiger partial charge in [0.25, 0.3) is 0 Å². The monoisotopic (exact) mass is 577 g/mol. The van der Waals surface area contributed by atoms with Crippen molar-refractivity contribution < 1.29 is 13.2 Å². The highest BCUT2D eigenvalue weighted by Gasteiger charge is 2.47. The standard InChI is InChI=1S/C35H30F3N5/c1-2-26-29(37)10-7-21-5-3-6-27(31(21)26)33-32(38)34-28(17-39-33)30(42-19-24-8-9-25(20-42)40-24)15-23(41-34)11-13-35-12-4-14-43(35)18-22(36)16-35/h1,3,5-7,10,15,17,22,24-25,40H,4,8-9,12,14,16,18-20H2/t22?,24-,25+,35?. The SMILES string of the molecule is C#Cc1c(F)ccc2cccc(-c3ncc4c(N5C[C@H]6CC[C@@H](C5)N6)cc(C#CC56CCCN5CC(F)C6)nc4c3F)c12. The largest absolute Gasteiger partial charge is 0.368 e. The van der Waals surface area contributed by atoms with Gasteiger partial charge < -0.3 is 10.2 Å². The molecule has 1 N–H and O–H groups in total. The van der Waals surface area contributed by atoms with Crippen LogP contribution in [0.25, 0.3) is 32.9 Å². The molecule has 0 saturated carbocycles. The second-order valence-electron chi connectivity index (χ2n) is 12.4. The number of hydrogen-bond donors (Lipinski definition) is 1. The van der Waals surface area contributed by atoms with Gasteiger partial charge in [-0.05, 0) is 55.7 Å². The first-order valence-electron chi connectivity index (χ1n) is 15.0. The first kappa shape index (κ1) is 26.5. The van der Waals surface area contributed by atoms with Crippen LogP contribution >= 0.6 is 0 Å². The van der Waals surface area contributed by atoms with Crippen LogP contribution in [-0.4, -0.2) is 64.8 Å². The first-order valence-corrected chi connectivity index (χ1v) is 15.0. The van der Waals surface area contributed by atoms with Crippen molar-refractivity contribution in [1.29, 1.82) is 0 Å². The third-order valence-electron chi connectivity index (χ3n) is 9.75. The zero-order valence-corrected chi connectivity index (χ0v) is 23.6. The highest BCUT2D eigenvalue weighted by atomic mass is 19.1. The lowest BCUT2D eigenvalue weighted by Crippen LogP contribution is -2.51. The van der Waals surface area contributed by atoms with E-state index in [0.717, 1.165) is 51.0 Å². The summed E-state index contributed by atoms with van der Waals surface area (Å²) < 4.78 is 45.9. The molecular weight excluding hydrogens is 547 g/mol. The van der Waals surface area contributed by atoms with Crippen LogP contribution in [0, 0.1) is 35.8 Å². The Kier molecular flexibility index (Phi) is 6.15. The Morgan fingerprint density at radius 2 is 1.91 bits per heavy atom. The van der Waals surface area contributed by atoms with Gasteiger partial charge in [-0.1, -0.05) is 36.1 Å². The number of alkyl halides is 1. The van der Waals surface area contributed by atoms with E-state index >= 15 is 4.39 Å². The maximum Gasteiger partial charge on any atom is 0.175 e. The van der Waals surface area contributed by atoms with Crippen LogP contribution in [0.4, 0.5) is 18.9 Å². The van der Waals surface area contributed by atoms with E-state index in [1.807, 2.05) is 12.1 Å². The molecule has 8 heteroatoms. The molecule has 6 heterocycles. The fourth-order valence-corrected chi connectivity index (χ4v) is 7.81. The van der Waals surface area contributed by atoms with Crippen molar-refractivity contribution >= 4 is 27.4 Å². The Morgan fingerprint density at radius 3 is 2.72 bits per heavy atom. The summed E-state index contributed by atoms with van der Waals surface area (Å²) in [6.45, 7) is 2.83. The van der Waals surface area contributed by atoms with Crippen LogP contribution in [0.5, 0.6) is 0 Å². The molecule has 2 unspecified atom stereocenters. The minimum absolute atomic E-state index is 0.0563. The molecule has 2 aromatic heterocycles. The van der Waals surface area contributed by atoms with Gasteiger partial charge >= 0.3 is 0 Å². The fourth-order valence-electron chi connectivity index (χ4n) is 7.81. The second-order valence-corrected chi connectivity index (χ2v) is 12.4. The molecule has 4 fully saturated rings. The third kappa shape index (κ3) is 4.27. The lowest BCUT2D eigenvalue weighted by Gasteiger charge is -2.35. The molecule has 0 amide bonds. The number of benzene rings is 2. The highest BCUT2D eigenvalue weighted by Crippen LogP contribution is 2.40. The van der Waals surface area contributed by atoms with E-state index in [4.69, 9.17) is 11.4 Å². The van der Waals surface area contributed by atoms with Gasteiger partial charge in [0.05, 0.1) is 16.8 Å². The number of aromatic nitrogens is 2. The summed E-state index contributed by atoms with van der Waals surface area (Å²) in [5.41, 5.74) is 1.48. The number of halogens is 3. The number of piperazine rings is 1. The molecule has 4 saturated heterocycles. The van der Waals surface area contributed by atoms with Crippen LogP contribution in [0.2, 0.25) is 0 Å². The molecule has 216 valence electrons. The van der Waals surface area contributed by atoms with E-state index < -0.39 is 23.3 Å². The van der Waals surface area contributed by atoms with Gasteiger partial charge in [-0.2, -0.15) is 0 Å². The zero-order valence-electron chi connectivity index (χ0n) is 23.6. The van der Waals surface area contributed by atoms with Crippen molar-refractivity contribution in [3.8, 4) is 35.4 Å². The fraction of sp³-hybridized carbons (Fsp3) is 0.371. The topological polar surface area (TPSA) is 44.3 Å². The summed E-state index contributed by atoms with van der Waals surface area (Å²) >= 11 is 0. The molecule has 2 bridgehead atoms. The normalized spacial score (nSPS) is 26.5. The maximum atomic E-state index is 16.7. The van der Waals surface area contributed by atoms with E-state index in [-0.39, 0.29) is 16.8 Å². The molecule has 0 radical (unpaired) electrons. The zero-order chi connectivity index (χ0) is 29.3. The molecule has 4 atom stereocenters. The number of rotatable bonds is 2. The summed E-state index contributed by atoms with van der Waals surface area (Å²) in [6.07, 6.45) is 10.9. The van der Waals surface area contributed by atoms with Gasteiger partial charge in [0.1, 0.15) is 28.9 Å². The maximum absolute atomic E-state index is 16.7. The van der Waals surface area contributed by atoms with Gasteiger partial charge in [0, 0.05) is 60.7 Å². The van der Waals surface area contributed by atoms with Gasteiger partial charge in [-0.3, -0.25) is 9.88 Å². The number of pyridine rings is 2. The van der Waals surface area contributed by atoms with Gasteiger partial charge in [0.15, 0.2) is 5.82 Å². The molecule has 43 heavy (non-hydrogen) atoms. The summed E-state index contributed by atoms with van der Waals surface area (Å²) in [5, 5.41) is 5.39. The lowest BCUT2D eigenvalue weighted by molar-refractivity contribution is 0.255. The van der Waals surface area contributed by atoms with E-state index in [9.17, 15) is 8.78 Å². The van der Waals surface area contributed by atoms with Gasteiger partial charge in [0.2, 0.25) is 0 Å². The Morgan fingerprint density at radius 1 is 1.07 bits per heavy atom. The summed E-state index contributed by atoms with van der Waals surface area (Å²) in [7, 11) is 0. The molecular formula is C35H30F3N5. The molecule has 8 rings (SSSR count). The van der Waals surface area contributed by atoms with Gasteiger partial charge in [-0.15, -0.1) is 6.42 Å². The summed E-state index contributed by atoms with van der Waals surface area (Å²) in [5.74, 6) is 7.92. The van der Waals surface area contributed by atoms with Crippen molar-refractivity contribution in [2.24, 2.45) is 0 Å². The number of fused-ring (bicyclic) bond motifs is 5. The van der Waals surface area contributed by atoms with E-state index in [0.29, 0.717) is 52.5 Å². The van der Waals surface area contributed by atoms with E-state index in [2.05, 4.69) is 37.9 Å². The molecule has 0 aliphatic carbocycles. The smallest absolute Gasteiger partial charge is 0.175 e. The van der Waals surface area contributed by atoms with Crippen molar-refractivity contribution in [3.63, 3.8) is 0 Å². The second kappa shape index (κ2) is 9.98. The first-order chi connectivity index (χ1) is 20.9. The Hall–Kier alpha value is -4.11. The number of terminal acetylenes is 1. The Labute approximate surface area is 248 Å². The quantitative estimate of drug-likeness (QED) is 0.316. The van der Waals surface area contributed by atoms with Crippen molar-refractivity contribution in [2.75, 3.05) is 31.1 Å². The number of nitrogens with zero attached hydrogens (tertiary/aromatic N) is 4. The molecule has 5 nitrogen and oxygen atoms in total. The minimum atomic E-state index is -0.893. The van der Waals surface area contributed by atoms with Crippen LogP contribution in [0.3, 0.4) is 0 Å². The molecule has 0 spiro atoms. The molecule has 4 aliphatic heterocycles. The minimum Gasteiger partial charge on any atom is -0.368 e. The average molecular weight is 578 g/mol. The van der Waals surface area contributed by atoms with Crippen molar-refractivity contribution in [2.45, 2.75) is 55.9 Å². The predicted molar refractivity (Wildman–Crippen MR) is 162 cm³/mol.